The van der Waals surface area contributed by atoms with E-state index in [4.69, 9.17) is 0 Å². The number of hydrogen-bond donors (Lipinski definition) is 1. The predicted octanol–water partition coefficient (Wildman–Crippen LogP) is 0.570. The van der Waals surface area contributed by atoms with E-state index in [0.717, 1.165) is 42.0 Å². The van der Waals surface area contributed by atoms with Gasteiger partial charge in [0.2, 0.25) is 0 Å². The molecule has 0 saturated heterocycles. The molecule has 0 saturated carbocycles. The maximum Gasteiger partial charge on any atom is 0.332 e. The van der Waals surface area contributed by atoms with Gasteiger partial charge in [0.05, 0.1) is 5.75 Å². The highest BCUT2D eigenvalue weighted by atomic mass is 32.2. The van der Waals surface area contributed by atoms with Crippen LogP contribution in [0.5, 0.6) is 0 Å². The molecule has 25 heavy (non-hydrogen) atoms. The fourth-order valence-electron chi connectivity index (χ4n) is 3.16. The molecule has 9 nitrogen and oxygen atoms in total. The van der Waals surface area contributed by atoms with E-state index < -0.39 is 0 Å². The van der Waals surface area contributed by atoms with Crippen LogP contribution in [-0.4, -0.2) is 33.9 Å². The van der Waals surface area contributed by atoms with Crippen molar-refractivity contribution in [2.24, 2.45) is 14.1 Å². The lowest BCUT2D eigenvalue weighted by molar-refractivity contribution is 0.617. The molecule has 0 aliphatic carbocycles. The number of hydrogen-bond acceptors (Lipinski definition) is 6. The Morgan fingerprint density at radius 1 is 1.12 bits per heavy atom. The van der Waals surface area contributed by atoms with Gasteiger partial charge in [-0.15, -0.1) is 10.2 Å². The molecule has 0 atom stereocenters. The van der Waals surface area contributed by atoms with Crippen LogP contribution in [0.2, 0.25) is 0 Å². The number of rotatable bonds is 3. The molecule has 10 heteroatoms. The van der Waals surface area contributed by atoms with Gasteiger partial charge >= 0.3 is 5.69 Å². The Morgan fingerprint density at radius 3 is 2.80 bits per heavy atom. The number of aromatic amines is 1. The molecule has 0 fully saturated rings. The first kappa shape index (κ1) is 16.1. The molecule has 0 amide bonds. The molecule has 0 unspecified atom stereocenters. The number of nitrogens with one attached hydrogen (secondary N) is 1. The smallest absolute Gasteiger partial charge is 0.327 e. The van der Waals surface area contributed by atoms with Crippen LogP contribution in [0.1, 0.15) is 30.9 Å². The van der Waals surface area contributed by atoms with Gasteiger partial charge in [-0.1, -0.05) is 18.2 Å². The number of aromatic nitrogens is 7. The van der Waals surface area contributed by atoms with Crippen molar-refractivity contribution in [2.45, 2.75) is 43.1 Å². The van der Waals surface area contributed by atoms with Crippen LogP contribution in [0, 0.1) is 0 Å². The van der Waals surface area contributed by atoms with E-state index in [1.165, 1.54) is 29.8 Å². The summed E-state index contributed by atoms with van der Waals surface area (Å²) in [5.74, 6) is 2.58. The molecular formula is C15H19N7O2S. The van der Waals surface area contributed by atoms with E-state index >= 15 is 0 Å². The lowest BCUT2D eigenvalue weighted by Crippen LogP contribution is -2.36. The zero-order valence-corrected chi connectivity index (χ0v) is 15.0. The minimum Gasteiger partial charge on any atom is -0.327 e. The third-order valence-electron chi connectivity index (χ3n) is 4.60. The highest BCUT2D eigenvalue weighted by molar-refractivity contribution is 7.98. The maximum absolute atomic E-state index is 12.2. The van der Waals surface area contributed by atoms with Crippen molar-refractivity contribution in [1.29, 1.82) is 0 Å². The summed E-state index contributed by atoms with van der Waals surface area (Å²) in [6, 6.07) is 0. The quantitative estimate of drug-likeness (QED) is 0.684. The fourth-order valence-corrected chi connectivity index (χ4v) is 3.96. The second-order valence-corrected chi connectivity index (χ2v) is 7.19. The summed E-state index contributed by atoms with van der Waals surface area (Å²) in [4.78, 5) is 31.6. The van der Waals surface area contributed by atoms with E-state index in [2.05, 4.69) is 24.7 Å². The lowest BCUT2D eigenvalue weighted by atomic mass is 10.2. The average molecular weight is 361 g/mol. The highest BCUT2D eigenvalue weighted by Gasteiger charge is 2.17. The summed E-state index contributed by atoms with van der Waals surface area (Å²) in [6.07, 6.45) is 4.50. The van der Waals surface area contributed by atoms with Gasteiger partial charge in [0.15, 0.2) is 16.3 Å². The van der Waals surface area contributed by atoms with Crippen molar-refractivity contribution in [3.8, 4) is 0 Å². The molecule has 3 aromatic heterocycles. The van der Waals surface area contributed by atoms with E-state index in [9.17, 15) is 9.59 Å². The predicted molar refractivity (Wildman–Crippen MR) is 93.7 cm³/mol. The van der Waals surface area contributed by atoms with Crippen LogP contribution in [-0.2, 0) is 32.8 Å². The first-order chi connectivity index (χ1) is 12.1. The van der Waals surface area contributed by atoms with Crippen molar-refractivity contribution in [2.75, 3.05) is 0 Å². The molecule has 0 aromatic carbocycles. The molecule has 1 aliphatic rings. The zero-order valence-electron chi connectivity index (χ0n) is 14.2. The third kappa shape index (κ3) is 2.70. The summed E-state index contributed by atoms with van der Waals surface area (Å²) in [6.45, 7) is 0.952. The number of fused-ring (bicyclic) bond motifs is 2. The number of H-pyrrole nitrogens is 1. The van der Waals surface area contributed by atoms with Gasteiger partial charge < -0.3 is 9.55 Å². The molecule has 132 valence electrons. The van der Waals surface area contributed by atoms with Crippen molar-refractivity contribution in [3.63, 3.8) is 0 Å². The maximum atomic E-state index is 12.2. The van der Waals surface area contributed by atoms with E-state index in [1.807, 2.05) is 0 Å². The number of aryl methyl sites for hydroxylation is 2. The summed E-state index contributed by atoms with van der Waals surface area (Å²) in [5, 5.41) is 9.19. The van der Waals surface area contributed by atoms with Crippen LogP contribution in [0.3, 0.4) is 0 Å². The van der Waals surface area contributed by atoms with Crippen molar-refractivity contribution in [3.05, 3.63) is 32.5 Å². The Bertz CT molecular complexity index is 1060. The molecule has 3 aromatic rings. The first-order valence-corrected chi connectivity index (χ1v) is 9.24. The number of thioether (sulfide) groups is 1. The summed E-state index contributed by atoms with van der Waals surface area (Å²) >= 11 is 1.46. The van der Waals surface area contributed by atoms with Gasteiger partial charge in [-0.25, -0.2) is 9.78 Å². The van der Waals surface area contributed by atoms with E-state index in [0.29, 0.717) is 22.1 Å². The molecule has 0 bridgehead atoms. The number of imidazole rings is 1. The monoisotopic (exact) mass is 361 g/mol. The van der Waals surface area contributed by atoms with Gasteiger partial charge in [0.25, 0.3) is 5.56 Å². The lowest BCUT2D eigenvalue weighted by Gasteiger charge is -2.05. The van der Waals surface area contributed by atoms with Gasteiger partial charge in [-0.3, -0.25) is 13.9 Å². The minimum atomic E-state index is -0.386. The standard InChI is InChI=1S/C15H19N7O2S/c1-20-12-11(13(23)21(2)15(20)24)16-14(17-12)25-8-10-19-18-9-6-4-3-5-7-22(9)10/h3-8H2,1-2H3,(H,16,17). The van der Waals surface area contributed by atoms with Crippen molar-refractivity contribution >= 4 is 22.9 Å². The average Bonchev–Trinajstić information content (AvgIpc) is 3.13. The Labute approximate surface area is 147 Å². The molecule has 1 aliphatic heterocycles. The van der Waals surface area contributed by atoms with Crippen LogP contribution in [0.15, 0.2) is 14.7 Å². The Kier molecular flexibility index (Phi) is 3.98. The Morgan fingerprint density at radius 2 is 1.96 bits per heavy atom. The normalized spacial score (nSPS) is 14.6. The highest BCUT2D eigenvalue weighted by Crippen LogP contribution is 2.23. The largest absolute Gasteiger partial charge is 0.332 e. The van der Waals surface area contributed by atoms with E-state index in [1.54, 1.807) is 7.05 Å². The molecule has 4 rings (SSSR count). The van der Waals surface area contributed by atoms with Crippen LogP contribution in [0.4, 0.5) is 0 Å². The second-order valence-electron chi connectivity index (χ2n) is 6.23. The second kappa shape index (κ2) is 6.17. The SMILES string of the molecule is Cn1c(=O)c2[nH]c(SCc3nnc4n3CCCCC4)nc2n(C)c1=O. The van der Waals surface area contributed by atoms with Crippen LogP contribution in [0.25, 0.3) is 11.2 Å². The minimum absolute atomic E-state index is 0.340. The van der Waals surface area contributed by atoms with Crippen LogP contribution < -0.4 is 11.2 Å². The molecule has 0 spiro atoms. The Balaban J connectivity index is 1.63. The summed E-state index contributed by atoms with van der Waals surface area (Å²) in [7, 11) is 3.07. The van der Waals surface area contributed by atoms with Crippen molar-refractivity contribution in [1.82, 2.24) is 33.9 Å². The fraction of sp³-hybridized carbons (Fsp3) is 0.533. The molecule has 4 heterocycles. The Hall–Kier alpha value is -2.36. The molecular weight excluding hydrogens is 342 g/mol. The van der Waals surface area contributed by atoms with Crippen molar-refractivity contribution < 1.29 is 0 Å². The van der Waals surface area contributed by atoms with Gasteiger partial charge in [0.1, 0.15) is 11.6 Å². The number of nitrogens with zero attached hydrogens (tertiary/aromatic N) is 6. The summed E-state index contributed by atoms with van der Waals surface area (Å²) in [5.41, 5.74) is -0.0417. The van der Waals surface area contributed by atoms with Gasteiger partial charge in [0, 0.05) is 27.1 Å². The summed E-state index contributed by atoms with van der Waals surface area (Å²) < 4.78 is 4.64. The van der Waals surface area contributed by atoms with Gasteiger partial charge in [-0.05, 0) is 12.8 Å². The van der Waals surface area contributed by atoms with Crippen LogP contribution >= 0.6 is 11.8 Å². The molecule has 1 N–H and O–H groups in total. The molecule has 0 radical (unpaired) electrons. The first-order valence-electron chi connectivity index (χ1n) is 8.25. The van der Waals surface area contributed by atoms with Gasteiger partial charge in [-0.2, -0.15) is 0 Å². The topological polar surface area (TPSA) is 103 Å². The van der Waals surface area contributed by atoms with E-state index in [-0.39, 0.29) is 11.2 Å². The zero-order chi connectivity index (χ0) is 17.6. The third-order valence-corrected chi connectivity index (χ3v) is 5.47.